The first-order valence-electron chi connectivity index (χ1n) is 4.89. The lowest BCUT2D eigenvalue weighted by atomic mass is 9.79. The van der Waals surface area contributed by atoms with E-state index in [0.29, 0.717) is 11.8 Å². The highest BCUT2D eigenvalue weighted by Gasteiger charge is 2.20. The van der Waals surface area contributed by atoms with Crippen LogP contribution in [0.4, 0.5) is 0 Å². The Morgan fingerprint density at radius 1 is 1.31 bits per heavy atom. The minimum Gasteiger partial charge on any atom is -0.296 e. The van der Waals surface area contributed by atoms with E-state index in [2.05, 4.69) is 38.8 Å². The first-order valence-corrected chi connectivity index (χ1v) is 4.89. The molecule has 1 aliphatic rings. The highest BCUT2D eigenvalue weighted by Crippen LogP contribution is 2.32. The summed E-state index contributed by atoms with van der Waals surface area (Å²) in [6.45, 7) is 8.91. The lowest BCUT2D eigenvalue weighted by Crippen LogP contribution is -2.16. The summed E-state index contributed by atoms with van der Waals surface area (Å²) in [6, 6.07) is 0. The summed E-state index contributed by atoms with van der Waals surface area (Å²) in [5.74, 6) is 1.24. The molecule has 13 heavy (non-hydrogen) atoms. The molecule has 1 rings (SSSR count). The van der Waals surface area contributed by atoms with E-state index >= 15 is 0 Å². The van der Waals surface area contributed by atoms with E-state index < -0.39 is 0 Å². The number of hydrogen-bond donors (Lipinski definition) is 0. The third kappa shape index (κ3) is 1.90. The van der Waals surface area contributed by atoms with Crippen molar-refractivity contribution in [3.05, 3.63) is 22.8 Å². The van der Waals surface area contributed by atoms with Crippen molar-refractivity contribution in [2.75, 3.05) is 7.05 Å². The average Bonchev–Trinajstić information content (AvgIpc) is 2.09. The summed E-state index contributed by atoms with van der Waals surface area (Å²) in [4.78, 5) is 4.12. The zero-order valence-electron chi connectivity index (χ0n) is 9.26. The Morgan fingerprint density at radius 3 is 2.46 bits per heavy atom. The van der Waals surface area contributed by atoms with E-state index in [1.807, 2.05) is 13.3 Å². The molecular formula is C12H19N. The zero-order valence-corrected chi connectivity index (χ0v) is 9.26. The van der Waals surface area contributed by atoms with Crippen molar-refractivity contribution in [2.45, 2.75) is 27.7 Å². The van der Waals surface area contributed by atoms with Gasteiger partial charge in [-0.3, -0.25) is 4.99 Å². The summed E-state index contributed by atoms with van der Waals surface area (Å²) >= 11 is 0. The second-order valence-corrected chi connectivity index (χ2v) is 3.97. The fourth-order valence-electron chi connectivity index (χ4n) is 1.87. The molecule has 0 fully saturated rings. The lowest BCUT2D eigenvalue weighted by Gasteiger charge is -2.26. The van der Waals surface area contributed by atoms with Gasteiger partial charge in [-0.15, -0.1) is 0 Å². The van der Waals surface area contributed by atoms with Crippen LogP contribution in [0.25, 0.3) is 0 Å². The predicted molar refractivity (Wildman–Crippen MR) is 59.2 cm³/mol. The third-order valence-electron chi connectivity index (χ3n) is 3.08. The van der Waals surface area contributed by atoms with Crippen molar-refractivity contribution in [1.82, 2.24) is 0 Å². The summed E-state index contributed by atoms with van der Waals surface area (Å²) in [6.07, 6.45) is 4.36. The maximum atomic E-state index is 4.12. The molecule has 0 spiro atoms. The van der Waals surface area contributed by atoms with Gasteiger partial charge in [-0.2, -0.15) is 0 Å². The summed E-state index contributed by atoms with van der Waals surface area (Å²) in [5.41, 5.74) is 4.20. The largest absolute Gasteiger partial charge is 0.296 e. The Balaban J connectivity index is 3.10. The SMILES string of the molecule is CN=CC1=C(C)C(C)=CC(C)C1C. The van der Waals surface area contributed by atoms with Gasteiger partial charge < -0.3 is 0 Å². The summed E-state index contributed by atoms with van der Waals surface area (Å²) < 4.78 is 0. The molecule has 0 N–H and O–H groups in total. The van der Waals surface area contributed by atoms with E-state index in [4.69, 9.17) is 0 Å². The second-order valence-electron chi connectivity index (χ2n) is 3.97. The Bertz CT molecular complexity index is 281. The van der Waals surface area contributed by atoms with Crippen LogP contribution in [0, 0.1) is 11.8 Å². The van der Waals surface area contributed by atoms with Crippen LogP contribution in [0.3, 0.4) is 0 Å². The highest BCUT2D eigenvalue weighted by molar-refractivity contribution is 5.82. The highest BCUT2D eigenvalue weighted by atomic mass is 14.6. The van der Waals surface area contributed by atoms with Crippen LogP contribution in [-0.4, -0.2) is 13.3 Å². The van der Waals surface area contributed by atoms with E-state index in [1.165, 1.54) is 16.7 Å². The van der Waals surface area contributed by atoms with Gasteiger partial charge in [-0.25, -0.2) is 0 Å². The molecule has 0 saturated heterocycles. The first-order chi connectivity index (χ1) is 6.07. The zero-order chi connectivity index (χ0) is 10.0. The van der Waals surface area contributed by atoms with Crippen LogP contribution in [0.1, 0.15) is 27.7 Å². The molecule has 0 aliphatic heterocycles. The van der Waals surface area contributed by atoms with Gasteiger partial charge in [0.25, 0.3) is 0 Å². The monoisotopic (exact) mass is 177 g/mol. The van der Waals surface area contributed by atoms with Gasteiger partial charge in [0, 0.05) is 13.3 Å². The molecule has 0 aromatic carbocycles. The normalized spacial score (nSPS) is 29.8. The number of allylic oxidation sites excluding steroid dienone is 4. The molecule has 2 atom stereocenters. The molecule has 0 bridgehead atoms. The Kier molecular flexibility index (Phi) is 3.07. The van der Waals surface area contributed by atoms with Crippen LogP contribution in [-0.2, 0) is 0 Å². The Labute approximate surface area is 81.3 Å². The van der Waals surface area contributed by atoms with E-state index in [-0.39, 0.29) is 0 Å². The van der Waals surface area contributed by atoms with Crippen molar-refractivity contribution in [3.63, 3.8) is 0 Å². The van der Waals surface area contributed by atoms with Crippen molar-refractivity contribution in [3.8, 4) is 0 Å². The van der Waals surface area contributed by atoms with E-state index in [1.54, 1.807) is 0 Å². The Morgan fingerprint density at radius 2 is 1.92 bits per heavy atom. The Hall–Kier alpha value is -0.850. The topological polar surface area (TPSA) is 12.4 Å². The van der Waals surface area contributed by atoms with E-state index in [9.17, 15) is 0 Å². The molecule has 72 valence electrons. The van der Waals surface area contributed by atoms with Gasteiger partial charge in [0.05, 0.1) is 0 Å². The summed E-state index contributed by atoms with van der Waals surface area (Å²) in [7, 11) is 1.84. The van der Waals surface area contributed by atoms with Crippen molar-refractivity contribution < 1.29 is 0 Å². The molecule has 1 aliphatic carbocycles. The van der Waals surface area contributed by atoms with Crippen LogP contribution in [0.15, 0.2) is 27.8 Å². The summed E-state index contributed by atoms with van der Waals surface area (Å²) in [5, 5.41) is 0. The van der Waals surface area contributed by atoms with Crippen LogP contribution in [0.2, 0.25) is 0 Å². The fourth-order valence-corrected chi connectivity index (χ4v) is 1.87. The molecule has 1 nitrogen and oxygen atoms in total. The first kappa shape index (κ1) is 10.2. The molecule has 0 amide bonds. The average molecular weight is 177 g/mol. The number of rotatable bonds is 1. The smallest absolute Gasteiger partial charge is 0.0277 e. The molecule has 2 unspecified atom stereocenters. The standard InChI is InChI=1S/C12H19N/c1-8-6-9(2)11(4)12(7-13-5)10(8)3/h6-8,10H,1-5H3. The van der Waals surface area contributed by atoms with Crippen molar-refractivity contribution in [2.24, 2.45) is 16.8 Å². The quantitative estimate of drug-likeness (QED) is 0.545. The van der Waals surface area contributed by atoms with Crippen molar-refractivity contribution in [1.29, 1.82) is 0 Å². The van der Waals surface area contributed by atoms with Gasteiger partial charge in [0.15, 0.2) is 0 Å². The second kappa shape index (κ2) is 3.91. The lowest BCUT2D eigenvalue weighted by molar-refractivity contribution is 0.530. The van der Waals surface area contributed by atoms with E-state index in [0.717, 1.165) is 0 Å². The van der Waals surface area contributed by atoms with Crippen LogP contribution < -0.4 is 0 Å². The number of aliphatic imine (C=N–C) groups is 1. The minimum atomic E-state index is 0.604. The van der Waals surface area contributed by atoms with Gasteiger partial charge >= 0.3 is 0 Å². The molecule has 0 aromatic rings. The van der Waals surface area contributed by atoms with Gasteiger partial charge in [-0.1, -0.05) is 25.5 Å². The van der Waals surface area contributed by atoms with Gasteiger partial charge in [0.1, 0.15) is 0 Å². The maximum Gasteiger partial charge on any atom is 0.0277 e. The maximum absolute atomic E-state index is 4.12. The third-order valence-corrected chi connectivity index (χ3v) is 3.08. The van der Waals surface area contributed by atoms with Crippen LogP contribution >= 0.6 is 0 Å². The molecule has 0 aromatic heterocycles. The molecule has 0 heterocycles. The van der Waals surface area contributed by atoms with Crippen molar-refractivity contribution >= 4 is 6.21 Å². The van der Waals surface area contributed by atoms with Gasteiger partial charge in [0.2, 0.25) is 0 Å². The predicted octanol–water partition coefficient (Wildman–Crippen LogP) is 3.24. The number of hydrogen-bond acceptors (Lipinski definition) is 1. The molecule has 0 radical (unpaired) electrons. The fraction of sp³-hybridized carbons (Fsp3) is 0.583. The molecule has 0 saturated carbocycles. The van der Waals surface area contributed by atoms with Gasteiger partial charge in [-0.05, 0) is 36.8 Å². The molecular weight excluding hydrogens is 158 g/mol. The minimum absolute atomic E-state index is 0.604. The molecule has 1 heteroatoms. The van der Waals surface area contributed by atoms with Crippen LogP contribution in [0.5, 0.6) is 0 Å². The number of nitrogens with zero attached hydrogens (tertiary/aromatic N) is 1.